The minimum Gasteiger partial charge on any atom is -0.368 e. The molecule has 0 bridgehead atoms. The fourth-order valence-corrected chi connectivity index (χ4v) is 3.74. The number of nitrogens with one attached hydrogen (secondary N) is 1. The summed E-state index contributed by atoms with van der Waals surface area (Å²) in [5, 5.41) is 3.27. The number of nitrogens with two attached hydrogens (primary N) is 1. The summed E-state index contributed by atoms with van der Waals surface area (Å²) in [7, 11) is -0.608. The Bertz CT molecular complexity index is 339. The van der Waals surface area contributed by atoms with Gasteiger partial charge < -0.3 is 16.0 Å². The van der Waals surface area contributed by atoms with Crippen LogP contribution in [0.3, 0.4) is 0 Å². The molecule has 0 aromatic carbocycles. The van der Waals surface area contributed by atoms with Crippen LogP contribution in [0.2, 0.25) is 0 Å². The van der Waals surface area contributed by atoms with Crippen LogP contribution < -0.4 is 11.1 Å². The van der Waals surface area contributed by atoms with Crippen LogP contribution in [0.4, 0.5) is 0 Å². The van der Waals surface area contributed by atoms with Gasteiger partial charge in [-0.1, -0.05) is 0 Å². The van der Waals surface area contributed by atoms with Gasteiger partial charge in [0, 0.05) is 41.4 Å². The largest absolute Gasteiger partial charge is 0.368 e. The Kier molecular flexibility index (Phi) is 7.12. The second kappa shape index (κ2) is 8.10. The summed E-state index contributed by atoms with van der Waals surface area (Å²) in [6.07, 6.45) is 2.79. The molecule has 1 amide bonds. The average molecular weight is 303 g/mol. The number of nitrogens with zero attached hydrogens (tertiary/aromatic N) is 1. The zero-order valence-electron chi connectivity index (χ0n) is 13.0. The van der Waals surface area contributed by atoms with Crippen LogP contribution >= 0.6 is 0 Å². The molecule has 0 spiro atoms. The minimum atomic E-state index is -0.614. The molecule has 20 heavy (non-hydrogen) atoms. The third-order valence-electron chi connectivity index (χ3n) is 3.82. The summed E-state index contributed by atoms with van der Waals surface area (Å²) in [6.45, 7) is 8.82. The van der Waals surface area contributed by atoms with Gasteiger partial charge in [0.2, 0.25) is 5.91 Å². The predicted molar refractivity (Wildman–Crippen MR) is 84.0 cm³/mol. The monoisotopic (exact) mass is 303 g/mol. The molecule has 1 saturated heterocycles. The van der Waals surface area contributed by atoms with Crippen molar-refractivity contribution in [3.63, 3.8) is 0 Å². The highest BCUT2D eigenvalue weighted by Gasteiger charge is 2.30. The Labute approximate surface area is 125 Å². The molecule has 0 radical (unpaired) electrons. The Morgan fingerprint density at radius 2 is 1.95 bits per heavy atom. The third kappa shape index (κ3) is 5.89. The van der Waals surface area contributed by atoms with Crippen LogP contribution in [0.25, 0.3) is 0 Å². The number of unbranched alkanes of at least 4 members (excludes halogenated alkanes) is 1. The quantitative estimate of drug-likeness (QED) is 0.639. The van der Waals surface area contributed by atoms with Crippen molar-refractivity contribution < 1.29 is 9.00 Å². The zero-order valence-corrected chi connectivity index (χ0v) is 13.8. The molecule has 0 aliphatic carbocycles. The lowest BCUT2D eigenvalue weighted by molar-refractivity contribution is -0.124. The van der Waals surface area contributed by atoms with E-state index in [1.54, 1.807) is 0 Å². The number of hydrogen-bond acceptors (Lipinski definition) is 4. The first-order chi connectivity index (χ1) is 9.33. The number of hydrogen-bond donors (Lipinski definition) is 2. The fraction of sp³-hybridized carbons (Fsp3) is 0.929. The van der Waals surface area contributed by atoms with Crippen LogP contribution in [0.5, 0.6) is 0 Å². The number of carbonyl (C=O) groups is 1. The number of carbonyl (C=O) groups excluding carboxylic acids is 1. The fourth-order valence-electron chi connectivity index (χ4n) is 2.62. The molecular weight excluding hydrogens is 274 g/mol. The third-order valence-corrected chi connectivity index (χ3v) is 5.10. The molecule has 1 atom stereocenters. The van der Waals surface area contributed by atoms with Crippen molar-refractivity contribution in [2.24, 2.45) is 5.73 Å². The van der Waals surface area contributed by atoms with E-state index in [0.29, 0.717) is 0 Å². The Morgan fingerprint density at radius 1 is 1.35 bits per heavy atom. The van der Waals surface area contributed by atoms with Gasteiger partial charge in [-0.3, -0.25) is 9.00 Å². The first kappa shape index (κ1) is 17.6. The van der Waals surface area contributed by atoms with Gasteiger partial charge >= 0.3 is 0 Å². The summed E-state index contributed by atoms with van der Waals surface area (Å²) < 4.78 is 11.3. The predicted octanol–water partition coefficient (Wildman–Crippen LogP) is 0.463. The van der Waals surface area contributed by atoms with Crippen LogP contribution in [0.1, 0.15) is 40.0 Å². The van der Waals surface area contributed by atoms with Gasteiger partial charge in [-0.15, -0.1) is 0 Å². The van der Waals surface area contributed by atoms with Gasteiger partial charge in [0.1, 0.15) is 0 Å². The highest BCUT2D eigenvalue weighted by atomic mass is 32.2. The lowest BCUT2D eigenvalue weighted by Crippen LogP contribution is -2.55. The SMILES string of the molecule is CC(C)NC(C)(CCCCN1CCS(=O)CC1)C(N)=O. The summed E-state index contributed by atoms with van der Waals surface area (Å²) in [5.41, 5.74) is 4.90. The summed E-state index contributed by atoms with van der Waals surface area (Å²) in [6, 6.07) is 0.240. The zero-order chi connectivity index (χ0) is 15.2. The normalized spacial score (nSPS) is 21.0. The van der Waals surface area contributed by atoms with Crippen molar-refractivity contribution in [3.05, 3.63) is 0 Å². The van der Waals surface area contributed by atoms with Gasteiger partial charge in [0.25, 0.3) is 0 Å². The van der Waals surface area contributed by atoms with E-state index < -0.39 is 16.3 Å². The molecule has 0 aromatic heterocycles. The molecule has 3 N–H and O–H groups in total. The standard InChI is InChI=1S/C14H29N3O2S/c1-12(2)16-14(3,13(15)18)6-4-5-7-17-8-10-20(19)11-9-17/h12,16H,4-11H2,1-3H3,(H2,15,18). The Hall–Kier alpha value is -0.460. The lowest BCUT2D eigenvalue weighted by Gasteiger charge is -2.30. The highest BCUT2D eigenvalue weighted by molar-refractivity contribution is 7.85. The average Bonchev–Trinajstić information content (AvgIpc) is 2.36. The van der Waals surface area contributed by atoms with E-state index in [1.807, 2.05) is 20.8 Å². The van der Waals surface area contributed by atoms with E-state index in [1.165, 1.54) is 0 Å². The van der Waals surface area contributed by atoms with E-state index in [2.05, 4.69) is 10.2 Å². The number of primary amides is 1. The molecule has 0 aromatic rings. The molecule has 1 fully saturated rings. The minimum absolute atomic E-state index is 0.240. The maximum absolute atomic E-state index is 11.6. The maximum Gasteiger partial charge on any atom is 0.237 e. The van der Waals surface area contributed by atoms with Gasteiger partial charge in [-0.25, -0.2) is 0 Å². The van der Waals surface area contributed by atoms with Crippen LogP contribution in [0, 0.1) is 0 Å². The summed E-state index contributed by atoms with van der Waals surface area (Å²) in [5.74, 6) is 1.32. The van der Waals surface area contributed by atoms with Crippen LogP contribution in [0.15, 0.2) is 0 Å². The molecule has 1 heterocycles. The Balaban J connectivity index is 2.27. The van der Waals surface area contributed by atoms with E-state index in [-0.39, 0.29) is 11.9 Å². The van der Waals surface area contributed by atoms with Crippen LogP contribution in [-0.2, 0) is 15.6 Å². The van der Waals surface area contributed by atoms with Crippen molar-refractivity contribution in [1.82, 2.24) is 10.2 Å². The molecule has 1 rings (SSSR count). The highest BCUT2D eigenvalue weighted by Crippen LogP contribution is 2.15. The van der Waals surface area contributed by atoms with E-state index >= 15 is 0 Å². The molecule has 6 heteroatoms. The van der Waals surface area contributed by atoms with Gasteiger partial charge in [-0.05, 0) is 46.6 Å². The molecule has 5 nitrogen and oxygen atoms in total. The van der Waals surface area contributed by atoms with E-state index in [9.17, 15) is 9.00 Å². The van der Waals surface area contributed by atoms with E-state index in [0.717, 1.165) is 50.4 Å². The van der Waals surface area contributed by atoms with Crippen molar-refractivity contribution in [1.29, 1.82) is 0 Å². The molecule has 118 valence electrons. The topological polar surface area (TPSA) is 75.4 Å². The van der Waals surface area contributed by atoms with Gasteiger partial charge in [-0.2, -0.15) is 0 Å². The van der Waals surface area contributed by atoms with Crippen molar-refractivity contribution in [3.8, 4) is 0 Å². The van der Waals surface area contributed by atoms with Crippen molar-refractivity contribution >= 4 is 16.7 Å². The summed E-state index contributed by atoms with van der Waals surface area (Å²) >= 11 is 0. The van der Waals surface area contributed by atoms with Crippen molar-refractivity contribution in [2.45, 2.75) is 51.6 Å². The van der Waals surface area contributed by atoms with Crippen LogP contribution in [-0.4, -0.2) is 57.7 Å². The number of amides is 1. The second-order valence-corrected chi connectivity index (χ2v) is 7.84. The first-order valence-electron chi connectivity index (χ1n) is 7.48. The molecule has 1 aliphatic heterocycles. The summed E-state index contributed by atoms with van der Waals surface area (Å²) in [4.78, 5) is 14.0. The molecule has 0 saturated carbocycles. The second-order valence-electron chi connectivity index (χ2n) is 6.14. The van der Waals surface area contributed by atoms with Gasteiger partial charge in [0.05, 0.1) is 5.54 Å². The number of rotatable bonds is 8. The smallest absolute Gasteiger partial charge is 0.237 e. The molecule has 1 unspecified atom stereocenters. The van der Waals surface area contributed by atoms with E-state index in [4.69, 9.17) is 5.73 Å². The van der Waals surface area contributed by atoms with Crippen molar-refractivity contribution in [2.75, 3.05) is 31.1 Å². The molecular formula is C14H29N3O2S. The Morgan fingerprint density at radius 3 is 2.45 bits per heavy atom. The first-order valence-corrected chi connectivity index (χ1v) is 8.97. The van der Waals surface area contributed by atoms with Gasteiger partial charge in [0.15, 0.2) is 0 Å². The lowest BCUT2D eigenvalue weighted by atomic mass is 9.93. The maximum atomic E-state index is 11.6. The molecule has 1 aliphatic rings.